The Kier molecular flexibility index (Phi) is 2.75. The van der Waals surface area contributed by atoms with Gasteiger partial charge in [-0.25, -0.2) is 4.31 Å². The van der Waals surface area contributed by atoms with Gasteiger partial charge in [-0.15, -0.1) is 0 Å². The molecule has 1 aromatic heterocycles. The highest BCUT2D eigenvalue weighted by atomic mass is 32.2. The molecule has 0 radical (unpaired) electrons. The van der Waals surface area contributed by atoms with Gasteiger partial charge in [-0.05, 0) is 26.0 Å². The number of para-hydroxylation sites is 2. The smallest absolute Gasteiger partial charge is 0.326 e. The van der Waals surface area contributed by atoms with Gasteiger partial charge >= 0.3 is 10.2 Å². The second-order valence-corrected chi connectivity index (χ2v) is 6.66. The zero-order valence-electron chi connectivity index (χ0n) is 11.5. The van der Waals surface area contributed by atoms with Crippen LogP contribution < -0.4 is 8.61 Å². The molecule has 0 fully saturated rings. The minimum absolute atomic E-state index is 0.227. The van der Waals surface area contributed by atoms with Crippen molar-refractivity contribution >= 4 is 21.6 Å². The SMILES string of the molecule is Cc1noc(C)c1CN1c2ccccc2N(C)S1(=O)=O. The lowest BCUT2D eigenvalue weighted by molar-refractivity contribution is 0.392. The van der Waals surface area contributed by atoms with E-state index in [0.717, 1.165) is 5.56 Å². The Labute approximate surface area is 117 Å². The van der Waals surface area contributed by atoms with E-state index < -0.39 is 10.2 Å². The molecule has 6 nitrogen and oxygen atoms in total. The number of anilines is 2. The number of aryl methyl sites for hydroxylation is 2. The molecule has 1 aromatic carbocycles. The number of rotatable bonds is 2. The zero-order chi connectivity index (χ0) is 14.5. The van der Waals surface area contributed by atoms with Crippen molar-refractivity contribution in [2.24, 2.45) is 0 Å². The Morgan fingerprint density at radius 1 is 1.20 bits per heavy atom. The van der Waals surface area contributed by atoms with E-state index in [0.29, 0.717) is 22.8 Å². The van der Waals surface area contributed by atoms with E-state index in [9.17, 15) is 8.42 Å². The van der Waals surface area contributed by atoms with Gasteiger partial charge in [-0.2, -0.15) is 8.42 Å². The number of hydrogen-bond donors (Lipinski definition) is 0. The van der Waals surface area contributed by atoms with Gasteiger partial charge in [-0.1, -0.05) is 17.3 Å². The standard InChI is InChI=1S/C13H15N3O3S/c1-9-11(10(2)19-14-9)8-16-13-7-5-4-6-12(13)15(3)20(16,17)18/h4-7H,8H2,1-3H3. The maximum atomic E-state index is 12.5. The molecule has 0 aliphatic carbocycles. The third kappa shape index (κ3) is 1.70. The van der Waals surface area contributed by atoms with Crippen molar-refractivity contribution in [2.75, 3.05) is 15.7 Å². The van der Waals surface area contributed by atoms with Crippen LogP contribution in [-0.2, 0) is 16.8 Å². The van der Waals surface area contributed by atoms with Crippen LogP contribution in [0.4, 0.5) is 11.4 Å². The molecule has 0 saturated carbocycles. The predicted octanol–water partition coefficient (Wildman–Crippen LogP) is 1.99. The molecular weight excluding hydrogens is 278 g/mol. The summed E-state index contributed by atoms with van der Waals surface area (Å²) in [5.74, 6) is 0.643. The van der Waals surface area contributed by atoms with Crippen molar-refractivity contribution in [2.45, 2.75) is 20.4 Å². The first-order valence-corrected chi connectivity index (χ1v) is 7.60. The van der Waals surface area contributed by atoms with Crippen molar-refractivity contribution < 1.29 is 12.9 Å². The molecule has 1 aliphatic rings. The van der Waals surface area contributed by atoms with Crippen molar-refractivity contribution in [1.82, 2.24) is 5.16 Å². The molecule has 3 rings (SSSR count). The molecule has 1 aliphatic heterocycles. The van der Waals surface area contributed by atoms with Gasteiger partial charge in [-0.3, -0.25) is 4.31 Å². The maximum Gasteiger partial charge on any atom is 0.326 e. The average Bonchev–Trinajstić information content (AvgIpc) is 2.83. The minimum atomic E-state index is -3.54. The first kappa shape index (κ1) is 13.0. The Hall–Kier alpha value is -2.02. The molecule has 106 valence electrons. The van der Waals surface area contributed by atoms with Crippen LogP contribution in [0.1, 0.15) is 17.0 Å². The molecule has 0 unspecified atom stereocenters. The largest absolute Gasteiger partial charge is 0.361 e. The lowest BCUT2D eigenvalue weighted by Gasteiger charge is -2.18. The predicted molar refractivity (Wildman–Crippen MR) is 75.9 cm³/mol. The van der Waals surface area contributed by atoms with Crippen molar-refractivity contribution in [3.63, 3.8) is 0 Å². The Bertz CT molecular complexity index is 747. The summed E-state index contributed by atoms with van der Waals surface area (Å²) in [6.45, 7) is 3.82. The van der Waals surface area contributed by atoms with Gasteiger partial charge < -0.3 is 4.52 Å². The van der Waals surface area contributed by atoms with Crippen LogP contribution in [0.15, 0.2) is 28.8 Å². The summed E-state index contributed by atoms with van der Waals surface area (Å²) < 4.78 is 32.8. The van der Waals surface area contributed by atoms with Gasteiger partial charge in [0.25, 0.3) is 0 Å². The number of hydrogen-bond acceptors (Lipinski definition) is 4. The number of benzene rings is 1. The highest BCUT2D eigenvalue weighted by Crippen LogP contribution is 2.40. The molecule has 2 aromatic rings. The van der Waals surface area contributed by atoms with Gasteiger partial charge in [0.1, 0.15) is 5.76 Å². The van der Waals surface area contributed by atoms with Crippen LogP contribution in [0.2, 0.25) is 0 Å². The van der Waals surface area contributed by atoms with Crippen LogP contribution in [0.3, 0.4) is 0 Å². The van der Waals surface area contributed by atoms with Crippen LogP contribution in [0, 0.1) is 13.8 Å². The molecule has 0 atom stereocenters. The molecule has 0 saturated heterocycles. The lowest BCUT2D eigenvalue weighted by atomic mass is 10.2. The normalized spacial score (nSPS) is 16.6. The van der Waals surface area contributed by atoms with Crippen LogP contribution in [0.25, 0.3) is 0 Å². The average molecular weight is 293 g/mol. The van der Waals surface area contributed by atoms with Gasteiger partial charge in [0, 0.05) is 12.6 Å². The Morgan fingerprint density at radius 3 is 2.45 bits per heavy atom. The van der Waals surface area contributed by atoms with Crippen LogP contribution >= 0.6 is 0 Å². The summed E-state index contributed by atoms with van der Waals surface area (Å²) >= 11 is 0. The van der Waals surface area contributed by atoms with Crippen LogP contribution in [0.5, 0.6) is 0 Å². The maximum absolute atomic E-state index is 12.5. The summed E-state index contributed by atoms with van der Waals surface area (Å²) in [6.07, 6.45) is 0. The summed E-state index contributed by atoms with van der Waals surface area (Å²) in [6, 6.07) is 7.24. The lowest BCUT2D eigenvalue weighted by Crippen LogP contribution is -2.35. The fourth-order valence-corrected chi connectivity index (χ4v) is 3.77. The summed E-state index contributed by atoms with van der Waals surface area (Å²) in [5, 5.41) is 3.87. The van der Waals surface area contributed by atoms with Crippen molar-refractivity contribution in [1.29, 1.82) is 0 Å². The first-order valence-electron chi connectivity index (χ1n) is 6.20. The van der Waals surface area contributed by atoms with E-state index in [2.05, 4.69) is 5.16 Å². The minimum Gasteiger partial charge on any atom is -0.361 e. The quantitative estimate of drug-likeness (QED) is 0.849. The molecule has 0 amide bonds. The number of fused-ring (bicyclic) bond motifs is 1. The molecule has 2 heterocycles. The molecule has 0 N–H and O–H groups in total. The Balaban J connectivity index is 2.09. The zero-order valence-corrected chi connectivity index (χ0v) is 12.3. The van der Waals surface area contributed by atoms with Crippen molar-refractivity contribution in [3.8, 4) is 0 Å². The van der Waals surface area contributed by atoms with Gasteiger partial charge in [0.05, 0.1) is 23.6 Å². The fourth-order valence-electron chi connectivity index (χ4n) is 2.38. The third-order valence-corrected chi connectivity index (χ3v) is 5.37. The summed E-state index contributed by atoms with van der Waals surface area (Å²) in [7, 11) is -1.98. The molecule has 20 heavy (non-hydrogen) atoms. The van der Waals surface area contributed by atoms with E-state index in [4.69, 9.17) is 4.52 Å². The number of aromatic nitrogens is 1. The van der Waals surface area contributed by atoms with Crippen molar-refractivity contribution in [3.05, 3.63) is 41.3 Å². The topological polar surface area (TPSA) is 66.7 Å². The monoisotopic (exact) mass is 293 g/mol. The highest BCUT2D eigenvalue weighted by Gasteiger charge is 2.38. The number of nitrogens with zero attached hydrogens (tertiary/aromatic N) is 3. The molecule has 0 bridgehead atoms. The highest BCUT2D eigenvalue weighted by molar-refractivity contribution is 7.94. The van der Waals surface area contributed by atoms with Gasteiger partial charge in [0.2, 0.25) is 0 Å². The summed E-state index contributed by atoms with van der Waals surface area (Å²) in [5.41, 5.74) is 2.87. The Morgan fingerprint density at radius 2 is 1.85 bits per heavy atom. The third-order valence-electron chi connectivity index (χ3n) is 3.60. The summed E-state index contributed by atoms with van der Waals surface area (Å²) in [4.78, 5) is 0. The first-order chi connectivity index (χ1) is 9.43. The second kappa shape index (κ2) is 4.24. The van der Waals surface area contributed by atoms with E-state index in [1.54, 1.807) is 26.1 Å². The van der Waals surface area contributed by atoms with Crippen LogP contribution in [-0.4, -0.2) is 20.6 Å². The fraction of sp³-hybridized carbons (Fsp3) is 0.308. The molecule has 7 heteroatoms. The van der Waals surface area contributed by atoms with E-state index >= 15 is 0 Å². The van der Waals surface area contributed by atoms with E-state index in [1.807, 2.05) is 19.1 Å². The van der Waals surface area contributed by atoms with E-state index in [-0.39, 0.29) is 6.54 Å². The molecule has 0 spiro atoms. The second-order valence-electron chi connectivity index (χ2n) is 4.77. The van der Waals surface area contributed by atoms with E-state index in [1.165, 1.54) is 8.61 Å². The molecular formula is C13H15N3O3S. The van der Waals surface area contributed by atoms with Gasteiger partial charge in [0.15, 0.2) is 0 Å².